The van der Waals surface area contributed by atoms with Gasteiger partial charge in [-0.05, 0) is 18.3 Å². The van der Waals surface area contributed by atoms with Crippen LogP contribution < -0.4 is 15.5 Å². The molecule has 0 spiro atoms. The molecule has 0 radical (unpaired) electrons. The van der Waals surface area contributed by atoms with Crippen molar-refractivity contribution in [2.24, 2.45) is 11.8 Å². The Hall–Kier alpha value is -1.59. The number of nitrogens with zero attached hydrogens (tertiary/aromatic N) is 5. The summed E-state index contributed by atoms with van der Waals surface area (Å²) in [6.45, 7) is 6.54. The fourth-order valence-corrected chi connectivity index (χ4v) is 2.22. The maximum absolute atomic E-state index is 5.74. The SMILES string of the molecule is CC(C)C1CCN(c2nc(N)nc(N(C)C)n2)C1. The zero-order chi connectivity index (χ0) is 13.3. The van der Waals surface area contributed by atoms with Gasteiger partial charge in [0.1, 0.15) is 0 Å². The quantitative estimate of drug-likeness (QED) is 0.863. The molecule has 6 nitrogen and oxygen atoms in total. The van der Waals surface area contributed by atoms with Crippen molar-refractivity contribution in [1.82, 2.24) is 15.0 Å². The van der Waals surface area contributed by atoms with Gasteiger partial charge in [-0.25, -0.2) is 0 Å². The zero-order valence-electron chi connectivity index (χ0n) is 11.6. The van der Waals surface area contributed by atoms with Crippen molar-refractivity contribution in [3.63, 3.8) is 0 Å². The maximum Gasteiger partial charge on any atom is 0.231 e. The van der Waals surface area contributed by atoms with Crippen LogP contribution in [0.2, 0.25) is 0 Å². The third-order valence-corrected chi connectivity index (χ3v) is 3.48. The molecule has 1 atom stereocenters. The molecule has 0 saturated carbocycles. The monoisotopic (exact) mass is 250 g/mol. The predicted octanol–water partition coefficient (Wildman–Crippen LogP) is 1.00. The van der Waals surface area contributed by atoms with E-state index >= 15 is 0 Å². The molecule has 1 aliphatic rings. The number of rotatable bonds is 3. The van der Waals surface area contributed by atoms with Crippen LogP contribution in [0.25, 0.3) is 0 Å². The van der Waals surface area contributed by atoms with Crippen LogP contribution in [0.1, 0.15) is 20.3 Å². The molecule has 2 N–H and O–H groups in total. The molecular formula is C12H22N6. The summed E-state index contributed by atoms with van der Waals surface area (Å²) in [4.78, 5) is 16.9. The molecule has 2 rings (SSSR count). The van der Waals surface area contributed by atoms with Gasteiger partial charge in [0.25, 0.3) is 0 Å². The lowest BCUT2D eigenvalue weighted by Gasteiger charge is -2.19. The summed E-state index contributed by atoms with van der Waals surface area (Å²) in [6, 6.07) is 0. The normalized spacial score (nSPS) is 19.6. The molecule has 18 heavy (non-hydrogen) atoms. The molecule has 1 fully saturated rings. The Labute approximate surface area is 108 Å². The molecule has 1 saturated heterocycles. The van der Waals surface area contributed by atoms with Gasteiger partial charge in [-0.3, -0.25) is 0 Å². The van der Waals surface area contributed by atoms with E-state index in [0.29, 0.717) is 23.7 Å². The van der Waals surface area contributed by atoms with Crippen LogP contribution in [0.4, 0.5) is 17.8 Å². The number of anilines is 3. The van der Waals surface area contributed by atoms with E-state index in [1.807, 2.05) is 19.0 Å². The van der Waals surface area contributed by atoms with Crippen molar-refractivity contribution in [3.8, 4) is 0 Å². The zero-order valence-corrected chi connectivity index (χ0v) is 11.6. The lowest BCUT2D eigenvalue weighted by atomic mass is 9.95. The highest BCUT2D eigenvalue weighted by atomic mass is 15.3. The van der Waals surface area contributed by atoms with Crippen LogP contribution in [0, 0.1) is 11.8 Å². The average Bonchev–Trinajstić information content (AvgIpc) is 2.77. The number of hydrogen-bond donors (Lipinski definition) is 1. The van der Waals surface area contributed by atoms with E-state index in [2.05, 4.69) is 33.7 Å². The minimum absolute atomic E-state index is 0.289. The van der Waals surface area contributed by atoms with Gasteiger partial charge in [-0.1, -0.05) is 13.8 Å². The maximum atomic E-state index is 5.74. The fourth-order valence-electron chi connectivity index (χ4n) is 2.22. The second-order valence-corrected chi connectivity index (χ2v) is 5.43. The van der Waals surface area contributed by atoms with Crippen LogP contribution in [0.5, 0.6) is 0 Å². The van der Waals surface area contributed by atoms with Gasteiger partial charge in [-0.2, -0.15) is 15.0 Å². The van der Waals surface area contributed by atoms with Gasteiger partial charge in [-0.15, -0.1) is 0 Å². The number of nitrogen functional groups attached to an aromatic ring is 1. The molecule has 2 heterocycles. The van der Waals surface area contributed by atoms with Crippen LogP contribution in [0.15, 0.2) is 0 Å². The summed E-state index contributed by atoms with van der Waals surface area (Å²) in [5.41, 5.74) is 5.74. The third-order valence-electron chi connectivity index (χ3n) is 3.48. The van der Waals surface area contributed by atoms with Gasteiger partial charge in [0.05, 0.1) is 0 Å². The molecule has 0 amide bonds. The predicted molar refractivity (Wildman–Crippen MR) is 73.7 cm³/mol. The second-order valence-electron chi connectivity index (χ2n) is 5.43. The largest absolute Gasteiger partial charge is 0.368 e. The minimum Gasteiger partial charge on any atom is -0.368 e. The lowest BCUT2D eigenvalue weighted by Crippen LogP contribution is -2.25. The highest BCUT2D eigenvalue weighted by molar-refractivity contribution is 5.43. The van der Waals surface area contributed by atoms with Gasteiger partial charge in [0.15, 0.2) is 0 Å². The topological polar surface area (TPSA) is 71.2 Å². The van der Waals surface area contributed by atoms with E-state index in [4.69, 9.17) is 5.73 Å². The molecule has 0 aliphatic carbocycles. The number of hydrogen-bond acceptors (Lipinski definition) is 6. The minimum atomic E-state index is 0.289. The van der Waals surface area contributed by atoms with Gasteiger partial charge in [0.2, 0.25) is 17.8 Å². The summed E-state index contributed by atoms with van der Waals surface area (Å²) in [6.07, 6.45) is 1.19. The Kier molecular flexibility index (Phi) is 3.54. The molecular weight excluding hydrogens is 228 g/mol. The Balaban J connectivity index is 2.19. The molecule has 1 aromatic heterocycles. The van der Waals surface area contributed by atoms with Gasteiger partial charge < -0.3 is 15.5 Å². The Morgan fingerprint density at radius 1 is 1.28 bits per heavy atom. The first kappa shape index (κ1) is 12.9. The molecule has 1 aromatic rings. The Bertz CT molecular complexity index is 417. The summed E-state index contributed by atoms with van der Waals surface area (Å²) >= 11 is 0. The van der Waals surface area contributed by atoms with Crippen molar-refractivity contribution in [2.45, 2.75) is 20.3 Å². The van der Waals surface area contributed by atoms with Crippen LogP contribution in [-0.4, -0.2) is 42.1 Å². The highest BCUT2D eigenvalue weighted by Crippen LogP contribution is 2.26. The Morgan fingerprint density at radius 2 is 2.00 bits per heavy atom. The molecule has 6 heteroatoms. The molecule has 1 aliphatic heterocycles. The van der Waals surface area contributed by atoms with Crippen molar-refractivity contribution >= 4 is 17.8 Å². The first-order valence-corrected chi connectivity index (χ1v) is 6.41. The van der Waals surface area contributed by atoms with Crippen molar-refractivity contribution in [1.29, 1.82) is 0 Å². The average molecular weight is 250 g/mol. The van der Waals surface area contributed by atoms with E-state index < -0.39 is 0 Å². The number of aromatic nitrogens is 3. The van der Waals surface area contributed by atoms with E-state index in [1.165, 1.54) is 6.42 Å². The van der Waals surface area contributed by atoms with E-state index in [1.54, 1.807) is 0 Å². The summed E-state index contributed by atoms with van der Waals surface area (Å²) < 4.78 is 0. The third kappa shape index (κ3) is 2.63. The van der Waals surface area contributed by atoms with Crippen LogP contribution in [-0.2, 0) is 0 Å². The van der Waals surface area contributed by atoms with Crippen LogP contribution >= 0.6 is 0 Å². The Morgan fingerprint density at radius 3 is 2.56 bits per heavy atom. The first-order chi connectivity index (χ1) is 8.47. The smallest absolute Gasteiger partial charge is 0.231 e. The lowest BCUT2D eigenvalue weighted by molar-refractivity contribution is 0.422. The van der Waals surface area contributed by atoms with E-state index in [9.17, 15) is 0 Å². The standard InChI is InChI=1S/C12H22N6/c1-8(2)9-5-6-18(7-9)12-15-10(13)14-11(16-12)17(3)4/h8-9H,5-7H2,1-4H3,(H2,13,14,15,16). The van der Waals surface area contributed by atoms with Crippen molar-refractivity contribution in [3.05, 3.63) is 0 Å². The summed E-state index contributed by atoms with van der Waals surface area (Å²) in [7, 11) is 3.80. The highest BCUT2D eigenvalue weighted by Gasteiger charge is 2.27. The van der Waals surface area contributed by atoms with Gasteiger partial charge >= 0.3 is 0 Å². The molecule has 0 bridgehead atoms. The molecule has 1 unspecified atom stereocenters. The summed E-state index contributed by atoms with van der Waals surface area (Å²) in [5.74, 6) is 3.02. The first-order valence-electron chi connectivity index (χ1n) is 6.41. The van der Waals surface area contributed by atoms with Crippen molar-refractivity contribution in [2.75, 3.05) is 42.7 Å². The molecule has 0 aromatic carbocycles. The number of nitrogens with two attached hydrogens (primary N) is 1. The fraction of sp³-hybridized carbons (Fsp3) is 0.750. The van der Waals surface area contributed by atoms with E-state index in [-0.39, 0.29) is 5.95 Å². The van der Waals surface area contributed by atoms with Crippen LogP contribution in [0.3, 0.4) is 0 Å². The van der Waals surface area contributed by atoms with E-state index in [0.717, 1.165) is 13.1 Å². The van der Waals surface area contributed by atoms with Gasteiger partial charge in [0, 0.05) is 27.2 Å². The second kappa shape index (κ2) is 4.96. The van der Waals surface area contributed by atoms with Crippen molar-refractivity contribution < 1.29 is 0 Å². The summed E-state index contributed by atoms with van der Waals surface area (Å²) in [5, 5.41) is 0. The molecule has 100 valence electrons.